The number of cyclic esters (lactones) is 1. The number of benzene rings is 1. The predicted molar refractivity (Wildman–Crippen MR) is 238 cm³/mol. The summed E-state index contributed by atoms with van der Waals surface area (Å²) in [6.07, 6.45) is -8.31. The normalized spacial score (nSPS) is 41.9. The minimum absolute atomic E-state index is 0.0115. The highest BCUT2D eigenvalue weighted by Gasteiger charge is 2.53. The molecular formula is C48H80N2O14. The number of nitrogens with one attached hydrogen (secondary N) is 1. The van der Waals surface area contributed by atoms with E-state index < -0.39 is 108 Å². The van der Waals surface area contributed by atoms with Crippen molar-refractivity contribution in [2.45, 2.75) is 198 Å². The topological polar surface area (TPSA) is 223 Å². The molecule has 16 heteroatoms. The number of aliphatic hydroxyl groups excluding tert-OH is 3. The standard InChI is InChI=1S/C48H80N2O14/c1-27-25-46(7,57)43(64-45-39(53)34(50(10)11)24-28(2)60-45)30(4)40(63-37-26-47(8,59-12)42(55)32(6)61-37)31(5)44(56)62-35(48(9,58)41(54)29(3)38(27)52)22-23-49-36(51)21-17-16-20-33-18-14-13-15-19-33/h13-15,18-19,27-32,34-35,37,39-43,45,53-55,57-58H,16-17,20-26H2,1-12H3,(H,49,51)/t27-,28-,29+,30+,31-,32+,34+,35-,37+,39-,40+,41-,42+,43-,45+,46-,47-,48-/m1/s1. The summed E-state index contributed by atoms with van der Waals surface area (Å²) in [5.41, 5.74) is -3.95. The second-order valence-electron chi connectivity index (χ2n) is 19.9. The van der Waals surface area contributed by atoms with E-state index in [0.717, 1.165) is 12.8 Å². The lowest BCUT2D eigenvalue weighted by Crippen LogP contribution is -2.61. The minimum atomic E-state index is -2.18. The van der Waals surface area contributed by atoms with Gasteiger partial charge in [-0.25, -0.2) is 0 Å². The Labute approximate surface area is 380 Å². The molecule has 3 heterocycles. The van der Waals surface area contributed by atoms with Crippen LogP contribution in [0.3, 0.4) is 0 Å². The molecule has 18 atom stereocenters. The van der Waals surface area contributed by atoms with Crippen molar-refractivity contribution >= 4 is 17.7 Å². The largest absolute Gasteiger partial charge is 0.459 e. The van der Waals surface area contributed by atoms with Crippen molar-refractivity contribution in [3.8, 4) is 0 Å². The Morgan fingerprint density at radius 2 is 1.55 bits per heavy atom. The smallest absolute Gasteiger partial charge is 0.311 e. The third-order valence-electron chi connectivity index (χ3n) is 14.1. The van der Waals surface area contributed by atoms with Gasteiger partial charge in [0.1, 0.15) is 29.7 Å². The zero-order chi connectivity index (χ0) is 47.9. The second-order valence-corrected chi connectivity index (χ2v) is 19.9. The van der Waals surface area contributed by atoms with E-state index >= 15 is 0 Å². The number of hydrogen-bond acceptors (Lipinski definition) is 15. The van der Waals surface area contributed by atoms with E-state index in [0.29, 0.717) is 12.8 Å². The molecule has 0 aromatic heterocycles. The Kier molecular flexibility index (Phi) is 19.3. The molecule has 0 saturated carbocycles. The molecule has 64 heavy (non-hydrogen) atoms. The lowest BCUT2D eigenvalue weighted by atomic mass is 9.74. The average molecular weight is 909 g/mol. The van der Waals surface area contributed by atoms with Crippen molar-refractivity contribution in [2.24, 2.45) is 23.7 Å². The highest BCUT2D eigenvalue weighted by Crippen LogP contribution is 2.41. The number of esters is 1. The molecule has 3 aliphatic heterocycles. The fraction of sp³-hybridized carbons (Fsp3) is 0.812. The number of Topliss-reactive ketones (excluding diaryl/α,β-unsaturated/α-hetero) is 1. The summed E-state index contributed by atoms with van der Waals surface area (Å²) in [5, 5.41) is 61.9. The number of hydrogen-bond donors (Lipinski definition) is 6. The molecule has 0 bridgehead atoms. The van der Waals surface area contributed by atoms with Crippen LogP contribution in [0.15, 0.2) is 30.3 Å². The van der Waals surface area contributed by atoms with Crippen LogP contribution in [0.2, 0.25) is 0 Å². The maximum atomic E-state index is 14.6. The number of methoxy groups -OCH3 is 1. The lowest BCUT2D eigenvalue weighted by Gasteiger charge is -2.49. The van der Waals surface area contributed by atoms with E-state index in [4.69, 9.17) is 28.4 Å². The Morgan fingerprint density at radius 3 is 2.17 bits per heavy atom. The summed E-state index contributed by atoms with van der Waals surface area (Å²) in [7, 11) is 5.15. The summed E-state index contributed by atoms with van der Waals surface area (Å²) < 4.78 is 37.6. The van der Waals surface area contributed by atoms with E-state index in [1.807, 2.05) is 56.3 Å². The van der Waals surface area contributed by atoms with Gasteiger partial charge in [-0.3, -0.25) is 14.4 Å². The summed E-state index contributed by atoms with van der Waals surface area (Å²) in [6.45, 7) is 14.4. The zero-order valence-electron chi connectivity index (χ0n) is 40.3. The Balaban J connectivity index is 1.71. The van der Waals surface area contributed by atoms with Crippen LogP contribution >= 0.6 is 0 Å². The van der Waals surface area contributed by atoms with Gasteiger partial charge >= 0.3 is 5.97 Å². The van der Waals surface area contributed by atoms with Crippen LogP contribution in [-0.4, -0.2) is 160 Å². The number of unbranched alkanes of at least 4 members (excludes halogenated alkanes) is 1. The maximum Gasteiger partial charge on any atom is 0.311 e. The summed E-state index contributed by atoms with van der Waals surface area (Å²) >= 11 is 0. The third kappa shape index (κ3) is 13.3. The van der Waals surface area contributed by atoms with E-state index in [2.05, 4.69) is 5.32 Å². The summed E-state index contributed by atoms with van der Waals surface area (Å²) in [5.74, 6) is -5.71. The molecule has 1 aromatic carbocycles. The summed E-state index contributed by atoms with van der Waals surface area (Å²) in [4.78, 5) is 43.6. The van der Waals surface area contributed by atoms with Crippen molar-refractivity contribution in [1.82, 2.24) is 10.2 Å². The lowest BCUT2D eigenvalue weighted by molar-refractivity contribution is -0.318. The quantitative estimate of drug-likeness (QED) is 0.117. The van der Waals surface area contributed by atoms with Gasteiger partial charge in [-0.1, -0.05) is 51.1 Å². The number of amides is 1. The predicted octanol–water partition coefficient (Wildman–Crippen LogP) is 3.29. The highest BCUT2D eigenvalue weighted by molar-refractivity contribution is 5.83. The van der Waals surface area contributed by atoms with Crippen LogP contribution < -0.4 is 5.32 Å². The Hall–Kier alpha value is -2.61. The zero-order valence-corrected chi connectivity index (χ0v) is 40.3. The molecule has 0 radical (unpaired) electrons. The molecule has 16 nitrogen and oxygen atoms in total. The third-order valence-corrected chi connectivity index (χ3v) is 14.1. The maximum absolute atomic E-state index is 14.6. The van der Waals surface area contributed by atoms with Crippen LogP contribution in [0.4, 0.5) is 0 Å². The fourth-order valence-electron chi connectivity index (χ4n) is 9.96. The second kappa shape index (κ2) is 22.9. The van der Waals surface area contributed by atoms with Gasteiger partial charge in [-0.15, -0.1) is 0 Å². The molecule has 3 fully saturated rings. The first-order valence-electron chi connectivity index (χ1n) is 23.2. The molecule has 366 valence electrons. The van der Waals surface area contributed by atoms with Crippen LogP contribution in [0.1, 0.15) is 113 Å². The van der Waals surface area contributed by atoms with E-state index in [9.17, 15) is 39.9 Å². The first-order valence-corrected chi connectivity index (χ1v) is 23.2. The molecule has 3 aliphatic rings. The summed E-state index contributed by atoms with van der Waals surface area (Å²) in [6, 6.07) is 9.63. The van der Waals surface area contributed by atoms with Gasteiger partial charge < -0.3 is 64.2 Å². The molecule has 0 aliphatic carbocycles. The molecule has 6 N–H and O–H groups in total. The number of likely N-dealkylation sites (N-methyl/N-ethyl adjacent to an activating group) is 1. The van der Waals surface area contributed by atoms with Crippen molar-refractivity contribution in [2.75, 3.05) is 27.7 Å². The van der Waals surface area contributed by atoms with Crippen molar-refractivity contribution in [1.29, 1.82) is 0 Å². The van der Waals surface area contributed by atoms with Crippen LogP contribution in [-0.2, 0) is 49.2 Å². The van der Waals surface area contributed by atoms with Gasteiger partial charge in [0, 0.05) is 56.7 Å². The van der Waals surface area contributed by atoms with Gasteiger partial charge in [0.05, 0.1) is 47.6 Å². The van der Waals surface area contributed by atoms with E-state index in [-0.39, 0.29) is 50.3 Å². The SMILES string of the molecule is CO[C@]1(C)C[C@H](O[C@H]2[C@H](C)[C@@H](O[C@@H]3O[C@H](C)C[C@H](N(C)C)[C@H]3O)[C@](C)(O)C[C@@H](C)C(=O)[C@H](C)[C@@H](O)[C@](C)(O)[C@@H](CCNC(=O)CCCCc3ccccc3)OC(=O)[C@@H]2C)O[C@@H](C)[C@@H]1O. The van der Waals surface area contributed by atoms with Crippen molar-refractivity contribution in [3.63, 3.8) is 0 Å². The molecular weight excluding hydrogens is 829 g/mol. The fourth-order valence-corrected chi connectivity index (χ4v) is 9.96. The van der Waals surface area contributed by atoms with Crippen molar-refractivity contribution in [3.05, 3.63) is 35.9 Å². The van der Waals surface area contributed by atoms with Gasteiger partial charge in [0.15, 0.2) is 12.6 Å². The average Bonchev–Trinajstić information content (AvgIpc) is 3.24. The van der Waals surface area contributed by atoms with Gasteiger partial charge in [0.2, 0.25) is 5.91 Å². The van der Waals surface area contributed by atoms with E-state index in [1.54, 1.807) is 34.6 Å². The van der Waals surface area contributed by atoms with Crippen molar-refractivity contribution < 1.29 is 68.3 Å². The van der Waals surface area contributed by atoms with Crippen LogP contribution in [0.5, 0.6) is 0 Å². The first kappa shape index (κ1) is 54.0. The number of carbonyl (C=O) groups excluding carboxylic acids is 3. The molecule has 1 amide bonds. The number of rotatable bonds is 14. The number of ketones is 1. The molecule has 1 aromatic rings. The number of ether oxygens (including phenoxy) is 6. The first-order chi connectivity index (χ1) is 29.8. The van der Waals surface area contributed by atoms with Gasteiger partial charge in [-0.05, 0) is 93.3 Å². The molecule has 0 spiro atoms. The number of aryl methyl sites for hydroxylation is 1. The Bertz CT molecular complexity index is 1650. The van der Waals surface area contributed by atoms with E-state index in [1.165, 1.54) is 33.4 Å². The number of carbonyl (C=O) groups is 3. The number of aliphatic hydroxyl groups is 5. The van der Waals surface area contributed by atoms with Gasteiger partial charge in [-0.2, -0.15) is 0 Å². The highest BCUT2D eigenvalue weighted by atomic mass is 16.7. The van der Waals surface area contributed by atoms with Crippen LogP contribution in [0, 0.1) is 23.7 Å². The molecule has 4 rings (SSSR count). The van der Waals surface area contributed by atoms with Crippen LogP contribution in [0.25, 0.3) is 0 Å². The van der Waals surface area contributed by atoms with Gasteiger partial charge in [0.25, 0.3) is 0 Å². The monoisotopic (exact) mass is 909 g/mol. The molecule has 3 saturated heterocycles. The molecule has 0 unspecified atom stereocenters. The minimum Gasteiger partial charge on any atom is -0.459 e. The number of nitrogens with zero attached hydrogens (tertiary/aromatic N) is 1. The Morgan fingerprint density at radius 1 is 0.891 bits per heavy atom.